The second kappa shape index (κ2) is 5.84. The molecule has 0 bridgehead atoms. The Hall–Kier alpha value is -2.29. The van der Waals surface area contributed by atoms with Crippen molar-refractivity contribution in [3.05, 3.63) is 58.7 Å². The van der Waals surface area contributed by atoms with E-state index in [1.54, 1.807) is 0 Å². The van der Waals surface area contributed by atoms with Gasteiger partial charge in [-0.25, -0.2) is 0 Å². The Bertz CT molecular complexity index is 721. The van der Waals surface area contributed by atoms with Crippen LogP contribution in [0.1, 0.15) is 35.1 Å². The molecule has 114 valence electrons. The number of hydrogen-bond donors (Lipinski definition) is 1. The number of carbonyl (C=O) groups is 1. The van der Waals surface area contributed by atoms with Crippen LogP contribution in [-0.4, -0.2) is 12.5 Å². The first-order chi connectivity index (χ1) is 10.6. The van der Waals surface area contributed by atoms with Crippen molar-refractivity contribution in [2.75, 3.05) is 11.9 Å². The van der Waals surface area contributed by atoms with E-state index in [1.165, 1.54) is 5.56 Å². The summed E-state index contributed by atoms with van der Waals surface area (Å²) in [6.45, 7) is 6.72. The highest BCUT2D eigenvalue weighted by atomic mass is 16.5. The van der Waals surface area contributed by atoms with Gasteiger partial charge in [-0.3, -0.25) is 4.79 Å². The Morgan fingerprint density at radius 1 is 1.18 bits per heavy atom. The van der Waals surface area contributed by atoms with E-state index in [2.05, 4.69) is 24.4 Å². The zero-order chi connectivity index (χ0) is 15.7. The molecule has 2 aromatic rings. The van der Waals surface area contributed by atoms with Gasteiger partial charge in [-0.05, 0) is 49.9 Å². The zero-order valence-electron chi connectivity index (χ0n) is 13.3. The summed E-state index contributed by atoms with van der Waals surface area (Å²) >= 11 is 0. The minimum atomic E-state index is -0.143. The molecule has 0 spiro atoms. The number of amides is 1. The molecular weight excluding hydrogens is 274 g/mol. The van der Waals surface area contributed by atoms with Crippen LogP contribution in [-0.2, 0) is 11.2 Å². The number of fused-ring (bicyclic) bond motifs is 1. The third-order valence-electron chi connectivity index (χ3n) is 4.15. The number of benzene rings is 2. The molecule has 1 N–H and O–H groups in total. The quantitative estimate of drug-likeness (QED) is 0.926. The van der Waals surface area contributed by atoms with Gasteiger partial charge >= 0.3 is 0 Å². The van der Waals surface area contributed by atoms with Crippen LogP contribution < -0.4 is 10.1 Å². The Balaban J connectivity index is 1.96. The lowest BCUT2D eigenvalue weighted by molar-refractivity contribution is -0.117. The van der Waals surface area contributed by atoms with Crippen LogP contribution in [0.2, 0.25) is 0 Å². The molecule has 0 saturated carbocycles. The summed E-state index contributed by atoms with van der Waals surface area (Å²) in [5, 5.41) is 3.03. The smallest absolute Gasteiger partial charge is 0.232 e. The molecule has 1 atom stereocenters. The molecule has 0 unspecified atom stereocenters. The number of rotatable bonds is 4. The fraction of sp³-hybridized carbons (Fsp3) is 0.316. The second-order valence-electron chi connectivity index (χ2n) is 5.83. The predicted molar refractivity (Wildman–Crippen MR) is 88.6 cm³/mol. The SMILES string of the molecule is CCOc1ccccc1C[C@@H]1C(=O)Nc2c(C)cc(C)cc21. The first-order valence-corrected chi connectivity index (χ1v) is 7.73. The third kappa shape index (κ3) is 2.59. The van der Waals surface area contributed by atoms with Crippen molar-refractivity contribution in [1.29, 1.82) is 0 Å². The molecule has 0 saturated heterocycles. The van der Waals surface area contributed by atoms with Gasteiger partial charge in [0.05, 0.1) is 12.5 Å². The van der Waals surface area contributed by atoms with Crippen LogP contribution in [0, 0.1) is 13.8 Å². The van der Waals surface area contributed by atoms with E-state index in [-0.39, 0.29) is 11.8 Å². The van der Waals surface area contributed by atoms with Crippen molar-refractivity contribution >= 4 is 11.6 Å². The standard InChI is InChI=1S/C19H21NO2/c1-4-22-17-8-6-5-7-14(17)11-16-15-10-12(2)9-13(3)18(15)20-19(16)21/h5-10,16H,4,11H2,1-3H3,(H,20,21)/t16-/m0/s1. The van der Waals surface area contributed by atoms with Gasteiger partial charge in [-0.1, -0.05) is 35.9 Å². The highest BCUT2D eigenvalue weighted by Gasteiger charge is 2.32. The molecule has 1 aliphatic rings. The lowest BCUT2D eigenvalue weighted by Crippen LogP contribution is -2.15. The number of para-hydroxylation sites is 1. The third-order valence-corrected chi connectivity index (χ3v) is 4.15. The van der Waals surface area contributed by atoms with Gasteiger partial charge in [0.1, 0.15) is 5.75 Å². The highest BCUT2D eigenvalue weighted by Crippen LogP contribution is 2.38. The summed E-state index contributed by atoms with van der Waals surface area (Å²) in [5.74, 6) is 0.806. The van der Waals surface area contributed by atoms with E-state index in [9.17, 15) is 4.79 Å². The van der Waals surface area contributed by atoms with Gasteiger partial charge in [0.25, 0.3) is 0 Å². The van der Waals surface area contributed by atoms with E-state index in [0.717, 1.165) is 28.1 Å². The van der Waals surface area contributed by atoms with Crippen LogP contribution in [0.3, 0.4) is 0 Å². The van der Waals surface area contributed by atoms with Crippen molar-refractivity contribution in [3.8, 4) is 5.75 Å². The molecular formula is C19H21NO2. The van der Waals surface area contributed by atoms with E-state index < -0.39 is 0 Å². The fourth-order valence-electron chi connectivity index (χ4n) is 3.19. The molecule has 0 aliphatic carbocycles. The summed E-state index contributed by atoms with van der Waals surface area (Å²) in [6, 6.07) is 12.2. The van der Waals surface area contributed by atoms with E-state index in [0.29, 0.717) is 13.0 Å². The average Bonchev–Trinajstić information content (AvgIpc) is 2.79. The Kier molecular flexibility index (Phi) is 3.88. The van der Waals surface area contributed by atoms with Gasteiger partial charge in [-0.15, -0.1) is 0 Å². The molecule has 0 radical (unpaired) electrons. The van der Waals surface area contributed by atoms with Crippen LogP contribution in [0.25, 0.3) is 0 Å². The van der Waals surface area contributed by atoms with Gasteiger partial charge < -0.3 is 10.1 Å². The van der Waals surface area contributed by atoms with Crippen LogP contribution in [0.5, 0.6) is 5.75 Å². The summed E-state index contributed by atoms with van der Waals surface area (Å²) in [4.78, 5) is 12.4. The number of anilines is 1. The second-order valence-corrected chi connectivity index (χ2v) is 5.83. The minimum Gasteiger partial charge on any atom is -0.494 e. The molecule has 3 rings (SSSR count). The normalized spacial score (nSPS) is 16.3. The lowest BCUT2D eigenvalue weighted by atomic mass is 9.91. The van der Waals surface area contributed by atoms with Crippen molar-refractivity contribution < 1.29 is 9.53 Å². The Morgan fingerprint density at radius 3 is 2.73 bits per heavy atom. The molecule has 0 aromatic heterocycles. The number of hydrogen-bond acceptors (Lipinski definition) is 2. The monoisotopic (exact) mass is 295 g/mol. The van der Waals surface area contributed by atoms with Gasteiger partial charge in [0.15, 0.2) is 0 Å². The van der Waals surface area contributed by atoms with E-state index >= 15 is 0 Å². The molecule has 3 heteroatoms. The molecule has 2 aromatic carbocycles. The molecule has 3 nitrogen and oxygen atoms in total. The summed E-state index contributed by atoms with van der Waals surface area (Å²) in [7, 11) is 0. The van der Waals surface area contributed by atoms with Gasteiger partial charge in [0, 0.05) is 5.69 Å². The zero-order valence-corrected chi connectivity index (χ0v) is 13.3. The van der Waals surface area contributed by atoms with Crippen LogP contribution >= 0.6 is 0 Å². The number of carbonyl (C=O) groups excluding carboxylic acids is 1. The number of nitrogens with one attached hydrogen (secondary N) is 1. The first kappa shape index (κ1) is 14.6. The van der Waals surface area contributed by atoms with Crippen LogP contribution in [0.4, 0.5) is 5.69 Å². The lowest BCUT2D eigenvalue weighted by Gasteiger charge is -2.14. The topological polar surface area (TPSA) is 38.3 Å². The number of ether oxygens (including phenoxy) is 1. The van der Waals surface area contributed by atoms with Gasteiger partial charge in [-0.2, -0.15) is 0 Å². The Labute approximate surface area is 131 Å². The molecule has 0 fully saturated rings. The largest absolute Gasteiger partial charge is 0.494 e. The fourth-order valence-corrected chi connectivity index (χ4v) is 3.19. The summed E-state index contributed by atoms with van der Waals surface area (Å²) in [6.07, 6.45) is 0.665. The maximum Gasteiger partial charge on any atom is 0.232 e. The Morgan fingerprint density at radius 2 is 1.95 bits per heavy atom. The maximum absolute atomic E-state index is 12.4. The summed E-state index contributed by atoms with van der Waals surface area (Å²) < 4.78 is 5.69. The molecule has 1 heterocycles. The molecule has 22 heavy (non-hydrogen) atoms. The molecule has 1 aliphatic heterocycles. The minimum absolute atomic E-state index is 0.0787. The summed E-state index contributed by atoms with van der Waals surface area (Å²) in [5.41, 5.74) is 5.49. The highest BCUT2D eigenvalue weighted by molar-refractivity contribution is 6.04. The molecule has 1 amide bonds. The van der Waals surface area contributed by atoms with Crippen molar-refractivity contribution in [3.63, 3.8) is 0 Å². The van der Waals surface area contributed by atoms with Crippen molar-refractivity contribution in [2.45, 2.75) is 33.1 Å². The average molecular weight is 295 g/mol. The first-order valence-electron chi connectivity index (χ1n) is 7.73. The van der Waals surface area contributed by atoms with Crippen molar-refractivity contribution in [1.82, 2.24) is 0 Å². The van der Waals surface area contributed by atoms with E-state index in [1.807, 2.05) is 38.1 Å². The predicted octanol–water partition coefficient (Wildman–Crippen LogP) is 3.98. The van der Waals surface area contributed by atoms with Gasteiger partial charge in [0.2, 0.25) is 5.91 Å². The maximum atomic E-state index is 12.4. The van der Waals surface area contributed by atoms with Crippen LogP contribution in [0.15, 0.2) is 36.4 Å². The van der Waals surface area contributed by atoms with Crippen molar-refractivity contribution in [2.24, 2.45) is 0 Å². The van der Waals surface area contributed by atoms with E-state index in [4.69, 9.17) is 4.74 Å². The number of aryl methyl sites for hydroxylation is 2.